The van der Waals surface area contributed by atoms with E-state index in [1.165, 1.54) is 24.3 Å². The number of benzene rings is 1. The number of carboxylic acid groups (broad SMARTS) is 1. The first-order valence-corrected chi connectivity index (χ1v) is 9.25. The smallest absolute Gasteiger partial charge is 0.332 e. The molecule has 1 fully saturated rings. The Kier molecular flexibility index (Phi) is 5.79. The fourth-order valence-electron chi connectivity index (χ4n) is 2.25. The maximum atomic E-state index is 11.8. The topological polar surface area (TPSA) is 119 Å². The summed E-state index contributed by atoms with van der Waals surface area (Å²) in [4.78, 5) is 22.8. The molecule has 1 amide bonds. The molecule has 1 aliphatic heterocycles. The van der Waals surface area contributed by atoms with Crippen molar-refractivity contribution in [3.8, 4) is 5.75 Å². The van der Waals surface area contributed by atoms with Crippen LogP contribution in [0.4, 0.5) is 0 Å². The third-order valence-electron chi connectivity index (χ3n) is 3.51. The van der Waals surface area contributed by atoms with E-state index in [0.29, 0.717) is 18.6 Å². The van der Waals surface area contributed by atoms with Gasteiger partial charge in [0.2, 0.25) is 5.91 Å². The van der Waals surface area contributed by atoms with Crippen molar-refractivity contribution in [3.63, 3.8) is 0 Å². The van der Waals surface area contributed by atoms with Crippen LogP contribution in [0.1, 0.15) is 12.8 Å². The largest absolute Gasteiger partial charge is 0.492 e. The summed E-state index contributed by atoms with van der Waals surface area (Å²) >= 11 is 0. The van der Waals surface area contributed by atoms with E-state index in [0.717, 1.165) is 6.26 Å². The third-order valence-corrected chi connectivity index (χ3v) is 4.64. The lowest BCUT2D eigenvalue weighted by Crippen LogP contribution is -2.37. The summed E-state index contributed by atoms with van der Waals surface area (Å²) in [5.74, 6) is -0.944. The Morgan fingerprint density at radius 3 is 2.42 bits per heavy atom. The van der Waals surface area contributed by atoms with Gasteiger partial charge in [0.1, 0.15) is 18.5 Å². The van der Waals surface area contributed by atoms with Gasteiger partial charge in [-0.1, -0.05) is 0 Å². The first-order chi connectivity index (χ1) is 11.3. The monoisotopic (exact) mass is 357 g/mol. The molecule has 0 bridgehead atoms. The zero-order valence-electron chi connectivity index (χ0n) is 13.1. The molecule has 0 aliphatic carbocycles. The van der Waals surface area contributed by atoms with Gasteiger partial charge in [-0.3, -0.25) is 4.79 Å². The van der Waals surface area contributed by atoms with Crippen molar-refractivity contribution in [1.82, 2.24) is 5.32 Å². The Balaban J connectivity index is 1.71. The molecule has 0 saturated carbocycles. The Morgan fingerprint density at radius 1 is 1.25 bits per heavy atom. The highest BCUT2D eigenvalue weighted by Crippen LogP contribution is 2.20. The van der Waals surface area contributed by atoms with Crippen LogP contribution in [0.5, 0.6) is 5.75 Å². The van der Waals surface area contributed by atoms with Crippen LogP contribution in [0.2, 0.25) is 0 Å². The average Bonchev–Trinajstić information content (AvgIpc) is 3.01. The molecule has 2 rings (SSSR count). The van der Waals surface area contributed by atoms with Crippen molar-refractivity contribution in [2.45, 2.75) is 29.9 Å². The Bertz CT molecular complexity index is 699. The molecule has 1 aromatic rings. The summed E-state index contributed by atoms with van der Waals surface area (Å²) in [6.07, 6.45) is 0.136. The molecular formula is C15H19NO7S. The van der Waals surface area contributed by atoms with Crippen LogP contribution in [-0.2, 0) is 24.2 Å². The van der Waals surface area contributed by atoms with Crippen molar-refractivity contribution in [2.75, 3.05) is 19.4 Å². The van der Waals surface area contributed by atoms with Crippen LogP contribution in [0, 0.1) is 0 Å². The van der Waals surface area contributed by atoms with Gasteiger partial charge in [0.25, 0.3) is 0 Å². The van der Waals surface area contributed by atoms with E-state index >= 15 is 0 Å². The van der Waals surface area contributed by atoms with Crippen LogP contribution < -0.4 is 10.1 Å². The Morgan fingerprint density at radius 2 is 1.88 bits per heavy atom. The lowest BCUT2D eigenvalue weighted by Gasteiger charge is -2.12. The van der Waals surface area contributed by atoms with Gasteiger partial charge in [-0.05, 0) is 37.1 Å². The molecule has 1 aliphatic rings. The minimum Gasteiger partial charge on any atom is -0.492 e. The molecule has 24 heavy (non-hydrogen) atoms. The fourth-order valence-corrected chi connectivity index (χ4v) is 2.88. The SMILES string of the molecule is CS(=O)(=O)c1ccc(OCCNC(=O)[C@@H]2CC[C@H](C(=O)O)O2)cc1. The summed E-state index contributed by atoms with van der Waals surface area (Å²) in [6.45, 7) is 0.420. The predicted molar refractivity (Wildman–Crippen MR) is 83.6 cm³/mol. The summed E-state index contributed by atoms with van der Waals surface area (Å²) in [6, 6.07) is 5.97. The molecule has 9 heteroatoms. The van der Waals surface area contributed by atoms with Gasteiger partial charge in [-0.15, -0.1) is 0 Å². The van der Waals surface area contributed by atoms with Crippen LogP contribution in [0.25, 0.3) is 0 Å². The molecule has 0 unspecified atom stereocenters. The average molecular weight is 357 g/mol. The van der Waals surface area contributed by atoms with E-state index in [4.69, 9.17) is 14.6 Å². The minimum atomic E-state index is -3.24. The van der Waals surface area contributed by atoms with E-state index in [2.05, 4.69) is 5.32 Å². The molecule has 0 radical (unpaired) electrons. The number of carbonyl (C=O) groups excluding carboxylic acids is 1. The lowest BCUT2D eigenvalue weighted by molar-refractivity contribution is -0.151. The lowest BCUT2D eigenvalue weighted by atomic mass is 10.2. The third kappa shape index (κ3) is 4.93. The molecule has 1 aromatic carbocycles. The van der Waals surface area contributed by atoms with Crippen LogP contribution >= 0.6 is 0 Å². The highest BCUT2D eigenvalue weighted by molar-refractivity contribution is 7.90. The number of ether oxygens (including phenoxy) is 2. The van der Waals surface area contributed by atoms with Crippen molar-refractivity contribution in [1.29, 1.82) is 0 Å². The summed E-state index contributed by atoms with van der Waals surface area (Å²) < 4.78 is 33.2. The molecule has 8 nitrogen and oxygen atoms in total. The van der Waals surface area contributed by atoms with Crippen molar-refractivity contribution in [2.24, 2.45) is 0 Å². The Labute approximate surface area is 139 Å². The normalized spacial score (nSPS) is 20.5. The zero-order chi connectivity index (χ0) is 17.7. The maximum absolute atomic E-state index is 11.8. The zero-order valence-corrected chi connectivity index (χ0v) is 13.9. The fraction of sp³-hybridized carbons (Fsp3) is 0.467. The van der Waals surface area contributed by atoms with Crippen molar-refractivity contribution in [3.05, 3.63) is 24.3 Å². The number of hydrogen-bond acceptors (Lipinski definition) is 6. The van der Waals surface area contributed by atoms with Crippen LogP contribution in [-0.4, -0.2) is 57.0 Å². The number of sulfone groups is 1. The number of carbonyl (C=O) groups is 2. The van der Waals surface area contributed by atoms with E-state index in [1.807, 2.05) is 0 Å². The van der Waals surface area contributed by atoms with E-state index in [9.17, 15) is 18.0 Å². The number of aliphatic carboxylic acids is 1. The number of amides is 1. The molecule has 0 spiro atoms. The molecule has 0 aromatic heterocycles. The van der Waals surface area contributed by atoms with Gasteiger partial charge in [-0.2, -0.15) is 0 Å². The molecular weight excluding hydrogens is 338 g/mol. The molecule has 2 atom stereocenters. The second-order valence-corrected chi connectivity index (χ2v) is 7.43. The van der Waals surface area contributed by atoms with Crippen LogP contribution in [0.15, 0.2) is 29.2 Å². The van der Waals surface area contributed by atoms with Gasteiger partial charge in [0.15, 0.2) is 15.9 Å². The standard InChI is InChI=1S/C15H19NO7S/c1-24(20,21)11-4-2-10(3-5-11)22-9-8-16-14(17)12-6-7-13(23-12)15(18)19/h2-5,12-13H,6-9H2,1H3,(H,16,17)(H,18,19)/t12-,13+/m0/s1. The summed E-state index contributed by atoms with van der Waals surface area (Å²) in [7, 11) is -3.24. The molecule has 132 valence electrons. The van der Waals surface area contributed by atoms with Gasteiger partial charge in [0.05, 0.1) is 11.4 Å². The van der Waals surface area contributed by atoms with Gasteiger partial charge in [-0.25, -0.2) is 13.2 Å². The summed E-state index contributed by atoms with van der Waals surface area (Å²) in [5, 5.41) is 11.4. The maximum Gasteiger partial charge on any atom is 0.332 e. The Hall–Kier alpha value is -2.13. The quantitative estimate of drug-likeness (QED) is 0.670. The van der Waals surface area contributed by atoms with Gasteiger partial charge < -0.3 is 19.9 Å². The van der Waals surface area contributed by atoms with Crippen molar-refractivity contribution >= 4 is 21.7 Å². The molecule has 1 saturated heterocycles. The first-order valence-electron chi connectivity index (χ1n) is 7.36. The van der Waals surface area contributed by atoms with Gasteiger partial charge in [0, 0.05) is 6.26 Å². The minimum absolute atomic E-state index is 0.193. The van der Waals surface area contributed by atoms with Crippen molar-refractivity contribution < 1.29 is 32.6 Å². The van der Waals surface area contributed by atoms with E-state index in [-0.39, 0.29) is 24.0 Å². The molecule has 1 heterocycles. The first kappa shape index (κ1) is 18.2. The number of carboxylic acids is 1. The summed E-state index contributed by atoms with van der Waals surface area (Å²) in [5.41, 5.74) is 0. The highest BCUT2D eigenvalue weighted by Gasteiger charge is 2.34. The predicted octanol–water partition coefficient (Wildman–Crippen LogP) is 0.217. The van der Waals surface area contributed by atoms with Gasteiger partial charge >= 0.3 is 5.97 Å². The second-order valence-electron chi connectivity index (χ2n) is 5.41. The number of nitrogens with one attached hydrogen (secondary N) is 1. The van der Waals surface area contributed by atoms with E-state index in [1.54, 1.807) is 0 Å². The number of rotatable bonds is 7. The highest BCUT2D eigenvalue weighted by atomic mass is 32.2. The van der Waals surface area contributed by atoms with Crippen LogP contribution in [0.3, 0.4) is 0 Å². The van der Waals surface area contributed by atoms with E-state index < -0.39 is 28.0 Å². The molecule has 2 N–H and O–H groups in total. The second kappa shape index (κ2) is 7.63. The number of hydrogen-bond donors (Lipinski definition) is 2.